The van der Waals surface area contributed by atoms with Gasteiger partial charge in [0, 0.05) is 15.4 Å². The molecule has 2 nitrogen and oxygen atoms in total. The Balaban J connectivity index is 2.42. The van der Waals surface area contributed by atoms with Gasteiger partial charge < -0.3 is 0 Å². The summed E-state index contributed by atoms with van der Waals surface area (Å²) in [5, 5.41) is 3.96. The highest BCUT2D eigenvalue weighted by Crippen LogP contribution is 2.33. The molecule has 0 aliphatic carbocycles. The highest BCUT2D eigenvalue weighted by atomic mass is 79.9. The van der Waals surface area contributed by atoms with Crippen molar-refractivity contribution in [2.75, 3.05) is 0 Å². The molecule has 1 aromatic carbocycles. The van der Waals surface area contributed by atoms with Crippen molar-refractivity contribution in [3.63, 3.8) is 0 Å². The first kappa shape index (κ1) is 14.6. The highest BCUT2D eigenvalue weighted by Gasteiger charge is 2.37. The van der Waals surface area contributed by atoms with Crippen molar-refractivity contribution in [2.24, 2.45) is 0 Å². The fourth-order valence-corrected chi connectivity index (χ4v) is 2.58. The lowest BCUT2D eigenvalue weighted by Crippen LogP contribution is -2.17. The molecule has 0 saturated heterocycles. The minimum absolute atomic E-state index is 0.0727. The number of rotatable bonds is 3. The van der Waals surface area contributed by atoms with Crippen molar-refractivity contribution >= 4 is 31.9 Å². The summed E-state index contributed by atoms with van der Waals surface area (Å²) in [7, 11) is 0. The Morgan fingerprint density at radius 3 is 2.42 bits per heavy atom. The molecule has 0 radical (unpaired) electrons. The lowest BCUT2D eigenvalue weighted by Gasteiger charge is -2.12. The van der Waals surface area contributed by atoms with E-state index in [1.54, 1.807) is 18.2 Å². The lowest BCUT2D eigenvalue weighted by atomic mass is 10.2. The third-order valence-electron chi connectivity index (χ3n) is 2.61. The molecule has 0 aliphatic heterocycles. The second-order valence-corrected chi connectivity index (χ2v) is 5.31. The molecule has 0 unspecified atom stereocenters. The average molecular weight is 398 g/mol. The quantitative estimate of drug-likeness (QED) is 0.691. The van der Waals surface area contributed by atoms with Crippen LogP contribution in [0.25, 0.3) is 0 Å². The predicted molar refractivity (Wildman–Crippen MR) is 73.1 cm³/mol. The Hall–Kier alpha value is -0.820. The zero-order chi connectivity index (χ0) is 14.0. The van der Waals surface area contributed by atoms with Gasteiger partial charge in [-0.3, -0.25) is 4.68 Å². The second kappa shape index (κ2) is 5.66. The number of halogens is 5. The van der Waals surface area contributed by atoms with E-state index in [1.807, 2.05) is 6.07 Å². The number of hydrogen-bond donors (Lipinski definition) is 0. The average Bonchev–Trinajstić information content (AvgIpc) is 2.75. The molecule has 0 atom stereocenters. The molecule has 1 heterocycles. The van der Waals surface area contributed by atoms with Crippen molar-refractivity contribution in [1.29, 1.82) is 0 Å². The molecular formula is C12H9Br2F3N2. The van der Waals surface area contributed by atoms with E-state index < -0.39 is 11.9 Å². The van der Waals surface area contributed by atoms with Crippen LogP contribution >= 0.6 is 31.9 Å². The number of benzene rings is 1. The van der Waals surface area contributed by atoms with Crippen LogP contribution in [0.3, 0.4) is 0 Å². The summed E-state index contributed by atoms with van der Waals surface area (Å²) in [5.41, 5.74) is 0.178. The van der Waals surface area contributed by atoms with Gasteiger partial charge in [0.15, 0.2) is 0 Å². The SMILES string of the molecule is FC(F)(F)c1c(CBr)cnn1Cc1ccccc1Br. The van der Waals surface area contributed by atoms with E-state index in [0.717, 1.165) is 14.7 Å². The van der Waals surface area contributed by atoms with E-state index in [4.69, 9.17) is 0 Å². The van der Waals surface area contributed by atoms with Gasteiger partial charge in [-0.25, -0.2) is 0 Å². The van der Waals surface area contributed by atoms with Crippen LogP contribution in [0.4, 0.5) is 13.2 Å². The molecule has 0 N–H and O–H groups in total. The van der Waals surface area contributed by atoms with E-state index in [0.29, 0.717) is 0 Å². The van der Waals surface area contributed by atoms with Crippen molar-refractivity contribution in [1.82, 2.24) is 9.78 Å². The summed E-state index contributed by atoms with van der Waals surface area (Å²) in [6, 6.07) is 7.14. The van der Waals surface area contributed by atoms with E-state index >= 15 is 0 Å². The van der Waals surface area contributed by atoms with Crippen molar-refractivity contribution in [2.45, 2.75) is 18.1 Å². The van der Waals surface area contributed by atoms with Gasteiger partial charge in [0.2, 0.25) is 0 Å². The summed E-state index contributed by atoms with van der Waals surface area (Å²) in [5.74, 6) is 0. The Labute approximate surface area is 124 Å². The van der Waals surface area contributed by atoms with Crippen molar-refractivity contribution < 1.29 is 13.2 Å². The van der Waals surface area contributed by atoms with Gasteiger partial charge in [0.05, 0.1) is 12.7 Å². The van der Waals surface area contributed by atoms with Crippen LogP contribution in [0.5, 0.6) is 0 Å². The van der Waals surface area contributed by atoms with Gasteiger partial charge in [0.1, 0.15) is 5.69 Å². The van der Waals surface area contributed by atoms with Crippen LogP contribution in [0, 0.1) is 0 Å². The van der Waals surface area contributed by atoms with Crippen molar-refractivity contribution in [3.8, 4) is 0 Å². The van der Waals surface area contributed by atoms with E-state index in [1.165, 1.54) is 6.20 Å². The van der Waals surface area contributed by atoms with Gasteiger partial charge in [0.25, 0.3) is 0 Å². The zero-order valence-electron chi connectivity index (χ0n) is 9.59. The molecule has 0 amide bonds. The maximum Gasteiger partial charge on any atom is 0.433 e. The summed E-state index contributed by atoms with van der Waals surface area (Å²) in [4.78, 5) is 0. The first-order valence-electron chi connectivity index (χ1n) is 5.34. The highest BCUT2D eigenvalue weighted by molar-refractivity contribution is 9.10. The first-order valence-corrected chi connectivity index (χ1v) is 7.26. The van der Waals surface area contributed by atoms with Gasteiger partial charge in [-0.2, -0.15) is 18.3 Å². The molecular weight excluding hydrogens is 389 g/mol. The van der Waals surface area contributed by atoms with E-state index in [9.17, 15) is 13.2 Å². The third-order valence-corrected chi connectivity index (χ3v) is 3.98. The van der Waals surface area contributed by atoms with Crippen LogP contribution in [-0.2, 0) is 18.1 Å². The summed E-state index contributed by atoms with van der Waals surface area (Å²) in [6.07, 6.45) is -3.17. The third kappa shape index (κ3) is 3.20. The minimum Gasteiger partial charge on any atom is -0.256 e. The molecule has 19 heavy (non-hydrogen) atoms. The summed E-state index contributed by atoms with van der Waals surface area (Å²) >= 11 is 6.37. The Kier molecular flexibility index (Phi) is 4.35. The van der Waals surface area contributed by atoms with Crippen LogP contribution in [-0.4, -0.2) is 9.78 Å². The molecule has 0 fully saturated rings. The number of aromatic nitrogens is 2. The van der Waals surface area contributed by atoms with Gasteiger partial charge in [-0.05, 0) is 11.6 Å². The topological polar surface area (TPSA) is 17.8 Å². The molecule has 1 aromatic heterocycles. The molecule has 2 aromatic rings. The number of nitrogens with zero attached hydrogens (tertiary/aromatic N) is 2. The molecule has 2 rings (SSSR count). The summed E-state index contributed by atoms with van der Waals surface area (Å²) < 4.78 is 40.9. The largest absolute Gasteiger partial charge is 0.433 e. The van der Waals surface area contributed by atoms with E-state index in [-0.39, 0.29) is 17.4 Å². The summed E-state index contributed by atoms with van der Waals surface area (Å²) in [6.45, 7) is 0.0727. The zero-order valence-corrected chi connectivity index (χ0v) is 12.8. The van der Waals surface area contributed by atoms with Crippen LogP contribution in [0.1, 0.15) is 16.8 Å². The monoisotopic (exact) mass is 396 g/mol. The molecule has 0 bridgehead atoms. The van der Waals surface area contributed by atoms with Crippen LogP contribution < -0.4 is 0 Å². The van der Waals surface area contributed by atoms with Crippen LogP contribution in [0.15, 0.2) is 34.9 Å². The van der Waals surface area contributed by atoms with Crippen LogP contribution in [0.2, 0.25) is 0 Å². The smallest absolute Gasteiger partial charge is 0.256 e. The molecule has 7 heteroatoms. The molecule has 0 aliphatic rings. The lowest BCUT2D eigenvalue weighted by molar-refractivity contribution is -0.144. The number of hydrogen-bond acceptors (Lipinski definition) is 1. The first-order chi connectivity index (χ1) is 8.93. The fourth-order valence-electron chi connectivity index (χ4n) is 1.76. The normalized spacial score (nSPS) is 11.8. The fraction of sp³-hybridized carbons (Fsp3) is 0.250. The standard InChI is InChI=1S/C12H9Br2F3N2/c13-5-9-6-18-19(11(9)12(15,16)17)7-8-3-1-2-4-10(8)14/h1-4,6H,5,7H2. The number of alkyl halides is 4. The molecule has 0 spiro atoms. The Morgan fingerprint density at radius 1 is 1.16 bits per heavy atom. The maximum atomic E-state index is 13.0. The van der Waals surface area contributed by atoms with Gasteiger partial charge >= 0.3 is 6.18 Å². The second-order valence-electron chi connectivity index (χ2n) is 3.90. The Bertz CT molecular complexity index is 579. The van der Waals surface area contributed by atoms with Gasteiger partial charge in [-0.1, -0.05) is 50.1 Å². The maximum absolute atomic E-state index is 13.0. The molecule has 102 valence electrons. The van der Waals surface area contributed by atoms with Gasteiger partial charge in [-0.15, -0.1) is 0 Å². The van der Waals surface area contributed by atoms with Crippen molar-refractivity contribution in [3.05, 3.63) is 51.8 Å². The predicted octanol–water partition coefficient (Wildman–Crippen LogP) is 4.61. The van der Waals surface area contributed by atoms with E-state index in [2.05, 4.69) is 37.0 Å². The Morgan fingerprint density at radius 2 is 1.84 bits per heavy atom. The molecule has 0 saturated carbocycles. The minimum atomic E-state index is -4.42.